The second-order valence-electron chi connectivity index (χ2n) is 6.29. The molecule has 134 valence electrons. The first-order valence-electron chi connectivity index (χ1n) is 7.98. The Hall–Kier alpha value is -1.64. The van der Waals surface area contributed by atoms with Crippen molar-refractivity contribution in [2.24, 2.45) is 11.8 Å². The summed E-state index contributed by atoms with van der Waals surface area (Å²) < 4.78 is 32.6. The van der Waals surface area contributed by atoms with Gasteiger partial charge in [0.05, 0.1) is 12.0 Å². The SMILES string of the molecule is COc1ccc(S(=O)(=O)NC(C(=O)NCC2CNC2)C(C)C)cc1. The molecule has 0 spiro atoms. The largest absolute Gasteiger partial charge is 0.497 e. The van der Waals surface area contributed by atoms with Crippen LogP contribution in [0.15, 0.2) is 29.2 Å². The molecule has 0 radical (unpaired) electrons. The summed E-state index contributed by atoms with van der Waals surface area (Å²) >= 11 is 0. The molecule has 1 unspecified atom stereocenters. The third-order valence-electron chi connectivity index (χ3n) is 4.03. The molecule has 1 aliphatic rings. The minimum absolute atomic E-state index is 0.102. The Labute approximate surface area is 143 Å². The van der Waals surface area contributed by atoms with Gasteiger partial charge in [0.1, 0.15) is 11.8 Å². The van der Waals surface area contributed by atoms with E-state index < -0.39 is 16.1 Å². The van der Waals surface area contributed by atoms with Crippen molar-refractivity contribution in [1.29, 1.82) is 0 Å². The van der Waals surface area contributed by atoms with Crippen LogP contribution in [-0.4, -0.2) is 47.1 Å². The number of carbonyl (C=O) groups excluding carboxylic acids is 1. The number of hydrogen-bond donors (Lipinski definition) is 3. The predicted molar refractivity (Wildman–Crippen MR) is 91.3 cm³/mol. The molecule has 24 heavy (non-hydrogen) atoms. The van der Waals surface area contributed by atoms with Crippen LogP contribution in [0.3, 0.4) is 0 Å². The maximum absolute atomic E-state index is 12.5. The van der Waals surface area contributed by atoms with Crippen molar-refractivity contribution in [2.75, 3.05) is 26.7 Å². The molecule has 1 aliphatic heterocycles. The van der Waals surface area contributed by atoms with E-state index in [4.69, 9.17) is 4.74 Å². The summed E-state index contributed by atoms with van der Waals surface area (Å²) in [6.45, 7) is 5.94. The van der Waals surface area contributed by atoms with Gasteiger partial charge in [0.15, 0.2) is 0 Å². The molecule has 0 aliphatic carbocycles. The van der Waals surface area contributed by atoms with Gasteiger partial charge in [0.25, 0.3) is 0 Å². The average Bonchev–Trinajstić information content (AvgIpc) is 2.50. The smallest absolute Gasteiger partial charge is 0.241 e. The maximum atomic E-state index is 12.5. The zero-order chi connectivity index (χ0) is 17.7. The van der Waals surface area contributed by atoms with Gasteiger partial charge in [0, 0.05) is 25.6 Å². The van der Waals surface area contributed by atoms with E-state index >= 15 is 0 Å². The van der Waals surface area contributed by atoms with Crippen molar-refractivity contribution in [3.05, 3.63) is 24.3 Å². The number of carbonyl (C=O) groups is 1. The van der Waals surface area contributed by atoms with E-state index in [1.165, 1.54) is 19.2 Å². The van der Waals surface area contributed by atoms with E-state index in [9.17, 15) is 13.2 Å². The van der Waals surface area contributed by atoms with Crippen molar-refractivity contribution in [3.63, 3.8) is 0 Å². The first-order valence-corrected chi connectivity index (χ1v) is 9.46. The number of amides is 1. The van der Waals surface area contributed by atoms with Crippen molar-refractivity contribution in [2.45, 2.75) is 24.8 Å². The van der Waals surface area contributed by atoms with Gasteiger partial charge in [-0.25, -0.2) is 8.42 Å². The lowest BCUT2D eigenvalue weighted by molar-refractivity contribution is -0.123. The summed E-state index contributed by atoms with van der Waals surface area (Å²) in [5.74, 6) is 0.521. The molecule has 1 fully saturated rings. The monoisotopic (exact) mass is 355 g/mol. The Morgan fingerprint density at radius 3 is 2.38 bits per heavy atom. The van der Waals surface area contributed by atoms with Crippen LogP contribution < -0.4 is 20.1 Å². The van der Waals surface area contributed by atoms with Gasteiger partial charge >= 0.3 is 0 Å². The molecular formula is C16H25N3O4S. The van der Waals surface area contributed by atoms with Crippen molar-refractivity contribution in [3.8, 4) is 5.75 Å². The number of rotatable bonds is 8. The number of nitrogens with one attached hydrogen (secondary N) is 3. The van der Waals surface area contributed by atoms with Crippen LogP contribution in [0.1, 0.15) is 13.8 Å². The highest BCUT2D eigenvalue weighted by Crippen LogP contribution is 2.17. The number of sulfonamides is 1. The fourth-order valence-electron chi connectivity index (χ4n) is 2.33. The maximum Gasteiger partial charge on any atom is 0.241 e. The fourth-order valence-corrected chi connectivity index (χ4v) is 3.67. The summed E-state index contributed by atoms with van der Waals surface area (Å²) in [6, 6.07) is 5.24. The summed E-state index contributed by atoms with van der Waals surface area (Å²) in [7, 11) is -2.27. The van der Waals surface area contributed by atoms with E-state index in [-0.39, 0.29) is 16.7 Å². The second kappa shape index (κ2) is 7.96. The van der Waals surface area contributed by atoms with Gasteiger partial charge in [-0.15, -0.1) is 0 Å². The van der Waals surface area contributed by atoms with Crippen LogP contribution in [0.2, 0.25) is 0 Å². The minimum Gasteiger partial charge on any atom is -0.497 e. The van der Waals surface area contributed by atoms with Gasteiger partial charge in [0.2, 0.25) is 15.9 Å². The lowest BCUT2D eigenvalue weighted by Crippen LogP contribution is -2.53. The van der Waals surface area contributed by atoms with E-state index in [1.54, 1.807) is 12.1 Å². The van der Waals surface area contributed by atoms with Gasteiger partial charge in [-0.3, -0.25) is 4.79 Å². The zero-order valence-electron chi connectivity index (χ0n) is 14.2. The van der Waals surface area contributed by atoms with Crippen molar-refractivity contribution in [1.82, 2.24) is 15.4 Å². The van der Waals surface area contributed by atoms with Gasteiger partial charge in [-0.1, -0.05) is 13.8 Å². The summed E-state index contributed by atoms with van der Waals surface area (Å²) in [6.07, 6.45) is 0. The van der Waals surface area contributed by atoms with Crippen LogP contribution in [-0.2, 0) is 14.8 Å². The van der Waals surface area contributed by atoms with Crippen LogP contribution in [0, 0.1) is 11.8 Å². The minimum atomic E-state index is -3.78. The van der Waals surface area contributed by atoms with Crippen LogP contribution in [0.4, 0.5) is 0 Å². The zero-order valence-corrected chi connectivity index (χ0v) is 15.0. The molecule has 1 atom stereocenters. The average molecular weight is 355 g/mol. The molecular weight excluding hydrogens is 330 g/mol. The first kappa shape index (κ1) is 18.7. The highest BCUT2D eigenvalue weighted by atomic mass is 32.2. The molecule has 1 amide bonds. The Bertz CT molecular complexity index is 654. The first-order chi connectivity index (χ1) is 11.3. The Morgan fingerprint density at radius 2 is 1.92 bits per heavy atom. The number of benzene rings is 1. The van der Waals surface area contributed by atoms with E-state index in [2.05, 4.69) is 15.4 Å². The van der Waals surface area contributed by atoms with E-state index in [1.807, 2.05) is 13.8 Å². The number of ether oxygens (including phenoxy) is 1. The Balaban J connectivity index is 2.05. The molecule has 1 saturated heterocycles. The van der Waals surface area contributed by atoms with Crippen molar-refractivity contribution < 1.29 is 17.9 Å². The number of methoxy groups -OCH3 is 1. The molecule has 1 heterocycles. The van der Waals surface area contributed by atoms with Gasteiger partial charge < -0.3 is 15.4 Å². The second-order valence-corrected chi connectivity index (χ2v) is 8.00. The molecule has 1 aromatic carbocycles. The highest BCUT2D eigenvalue weighted by Gasteiger charge is 2.29. The summed E-state index contributed by atoms with van der Waals surface area (Å²) in [4.78, 5) is 12.5. The highest BCUT2D eigenvalue weighted by molar-refractivity contribution is 7.89. The molecule has 2 rings (SSSR count). The van der Waals surface area contributed by atoms with E-state index in [0.29, 0.717) is 18.2 Å². The third kappa shape index (κ3) is 4.68. The fraction of sp³-hybridized carbons (Fsp3) is 0.562. The molecule has 7 nitrogen and oxygen atoms in total. The summed E-state index contributed by atoms with van der Waals surface area (Å²) in [5.41, 5.74) is 0. The normalized spacial score (nSPS) is 16.5. The lowest BCUT2D eigenvalue weighted by Gasteiger charge is -2.28. The Morgan fingerprint density at radius 1 is 1.29 bits per heavy atom. The van der Waals surface area contributed by atoms with Crippen LogP contribution in [0.25, 0.3) is 0 Å². The molecule has 1 aromatic rings. The summed E-state index contributed by atoms with van der Waals surface area (Å²) in [5, 5.41) is 5.97. The van der Waals surface area contributed by atoms with Crippen molar-refractivity contribution >= 4 is 15.9 Å². The lowest BCUT2D eigenvalue weighted by atomic mass is 10.0. The van der Waals surface area contributed by atoms with Gasteiger partial charge in [-0.05, 0) is 30.2 Å². The van der Waals surface area contributed by atoms with Crippen LogP contribution >= 0.6 is 0 Å². The standard InChI is InChI=1S/C16H25N3O4S/c1-11(2)15(16(20)18-10-12-8-17-9-12)19-24(21,22)14-6-4-13(23-3)5-7-14/h4-7,11-12,15,17,19H,8-10H2,1-3H3,(H,18,20). The molecule has 3 N–H and O–H groups in total. The van der Waals surface area contributed by atoms with Gasteiger partial charge in [-0.2, -0.15) is 4.72 Å². The third-order valence-corrected chi connectivity index (χ3v) is 5.49. The topological polar surface area (TPSA) is 96.5 Å². The number of hydrogen-bond acceptors (Lipinski definition) is 5. The molecule has 8 heteroatoms. The molecule has 0 aromatic heterocycles. The van der Waals surface area contributed by atoms with Crippen LogP contribution in [0.5, 0.6) is 5.75 Å². The quantitative estimate of drug-likeness (QED) is 0.625. The predicted octanol–water partition coefficient (Wildman–Crippen LogP) is 0.334. The Kier molecular flexibility index (Phi) is 6.20. The molecule has 0 saturated carbocycles. The molecule has 0 bridgehead atoms. The van der Waals surface area contributed by atoms with E-state index in [0.717, 1.165) is 13.1 Å².